The van der Waals surface area contributed by atoms with Gasteiger partial charge < -0.3 is 10.2 Å². The van der Waals surface area contributed by atoms with Gasteiger partial charge in [-0.25, -0.2) is 9.97 Å². The predicted octanol–water partition coefficient (Wildman–Crippen LogP) is 1.76. The lowest BCUT2D eigenvalue weighted by atomic mass is 10.1. The number of piperazine rings is 1. The van der Waals surface area contributed by atoms with E-state index in [-0.39, 0.29) is 11.6 Å². The Kier molecular flexibility index (Phi) is 5.60. The molecule has 0 unspecified atom stereocenters. The van der Waals surface area contributed by atoms with E-state index in [0.717, 1.165) is 16.8 Å². The highest BCUT2D eigenvalue weighted by atomic mass is 16.6. The largest absolute Gasteiger partial charge is 0.338 e. The third-order valence-electron chi connectivity index (χ3n) is 4.74. The first-order valence-corrected chi connectivity index (χ1v) is 8.74. The quantitative estimate of drug-likeness (QED) is 0.631. The summed E-state index contributed by atoms with van der Waals surface area (Å²) in [4.78, 5) is 34.6. The second-order valence-electron chi connectivity index (χ2n) is 6.56. The molecule has 1 aromatic heterocycles. The van der Waals surface area contributed by atoms with Crippen LogP contribution in [-0.2, 0) is 4.79 Å². The first kappa shape index (κ1) is 18.7. The first-order valence-electron chi connectivity index (χ1n) is 8.74. The van der Waals surface area contributed by atoms with Crippen molar-refractivity contribution in [2.45, 2.75) is 13.8 Å². The van der Waals surface area contributed by atoms with Crippen LogP contribution in [0.4, 0.5) is 17.3 Å². The van der Waals surface area contributed by atoms with Gasteiger partial charge in [-0.1, -0.05) is 12.1 Å². The zero-order valence-electron chi connectivity index (χ0n) is 15.4. The van der Waals surface area contributed by atoms with Crippen LogP contribution in [0.3, 0.4) is 0 Å². The summed E-state index contributed by atoms with van der Waals surface area (Å²) >= 11 is 0. The van der Waals surface area contributed by atoms with Crippen molar-refractivity contribution in [2.24, 2.45) is 0 Å². The zero-order valence-corrected chi connectivity index (χ0v) is 15.4. The third kappa shape index (κ3) is 4.56. The molecule has 0 bridgehead atoms. The lowest BCUT2D eigenvalue weighted by Gasteiger charge is -2.34. The summed E-state index contributed by atoms with van der Waals surface area (Å²) in [6, 6.07) is 5.86. The van der Waals surface area contributed by atoms with Crippen LogP contribution in [0.2, 0.25) is 0 Å². The van der Waals surface area contributed by atoms with Gasteiger partial charge in [-0.3, -0.25) is 19.8 Å². The number of benzene rings is 1. The number of hydrogen-bond acceptors (Lipinski definition) is 7. The number of nitrogens with zero attached hydrogens (tertiary/aromatic N) is 5. The maximum Gasteiger partial charge on any atom is 0.305 e. The van der Waals surface area contributed by atoms with Crippen LogP contribution >= 0.6 is 0 Å². The molecule has 1 saturated heterocycles. The van der Waals surface area contributed by atoms with Gasteiger partial charge >= 0.3 is 5.69 Å². The zero-order chi connectivity index (χ0) is 19.4. The molecule has 27 heavy (non-hydrogen) atoms. The van der Waals surface area contributed by atoms with E-state index in [1.54, 1.807) is 0 Å². The molecule has 9 heteroatoms. The molecule has 3 rings (SSSR count). The number of hydrogen-bond donors (Lipinski definition) is 1. The number of anilines is 2. The maximum atomic E-state index is 12.3. The Bertz CT molecular complexity index is 831. The van der Waals surface area contributed by atoms with E-state index in [0.29, 0.717) is 38.7 Å². The fourth-order valence-electron chi connectivity index (χ4n) is 2.96. The van der Waals surface area contributed by atoms with Crippen molar-refractivity contribution < 1.29 is 9.72 Å². The van der Waals surface area contributed by atoms with E-state index in [2.05, 4.69) is 20.2 Å². The topological polar surface area (TPSA) is 105 Å². The van der Waals surface area contributed by atoms with E-state index in [1.807, 2.05) is 36.9 Å². The third-order valence-corrected chi connectivity index (χ3v) is 4.74. The highest BCUT2D eigenvalue weighted by molar-refractivity contribution is 5.93. The smallest absolute Gasteiger partial charge is 0.305 e. The number of aryl methyl sites for hydroxylation is 1. The molecular formula is C18H22N6O3. The van der Waals surface area contributed by atoms with Crippen molar-refractivity contribution in [2.75, 3.05) is 42.9 Å². The van der Waals surface area contributed by atoms with E-state index >= 15 is 0 Å². The minimum Gasteiger partial charge on any atom is -0.338 e. The van der Waals surface area contributed by atoms with Crippen LogP contribution in [0.1, 0.15) is 11.1 Å². The second-order valence-corrected chi connectivity index (χ2v) is 6.56. The van der Waals surface area contributed by atoms with Crippen LogP contribution in [-0.4, -0.2) is 58.4 Å². The Hall–Kier alpha value is -3.07. The summed E-state index contributed by atoms with van der Waals surface area (Å²) in [7, 11) is 0. The minimum atomic E-state index is -0.518. The van der Waals surface area contributed by atoms with Gasteiger partial charge in [0.25, 0.3) is 0 Å². The minimum absolute atomic E-state index is 0.0382. The summed E-state index contributed by atoms with van der Waals surface area (Å²) in [5, 5.41) is 13.6. The van der Waals surface area contributed by atoms with E-state index in [1.165, 1.54) is 12.4 Å². The lowest BCUT2D eigenvalue weighted by Crippen LogP contribution is -2.49. The van der Waals surface area contributed by atoms with Crippen molar-refractivity contribution in [3.8, 4) is 0 Å². The average Bonchev–Trinajstić information content (AvgIpc) is 2.66. The number of carbonyl (C=O) groups is 1. The number of nitrogens with one attached hydrogen (secondary N) is 1. The molecular weight excluding hydrogens is 348 g/mol. The van der Waals surface area contributed by atoms with E-state index in [4.69, 9.17) is 0 Å². The SMILES string of the molecule is Cc1cccc(NC(=O)CN2CCN(c3ncc([N+](=O)[O-])cn3)CC2)c1C. The molecule has 1 aliphatic heterocycles. The predicted molar refractivity (Wildman–Crippen MR) is 102 cm³/mol. The van der Waals surface area contributed by atoms with E-state index < -0.39 is 4.92 Å². The molecule has 9 nitrogen and oxygen atoms in total. The summed E-state index contributed by atoms with van der Waals surface area (Å²) in [5.74, 6) is 0.434. The van der Waals surface area contributed by atoms with Crippen molar-refractivity contribution in [3.63, 3.8) is 0 Å². The molecule has 0 spiro atoms. The first-order chi connectivity index (χ1) is 12.9. The van der Waals surface area contributed by atoms with Crippen molar-refractivity contribution in [3.05, 3.63) is 51.8 Å². The van der Waals surface area contributed by atoms with Crippen molar-refractivity contribution in [1.82, 2.24) is 14.9 Å². The molecule has 0 radical (unpaired) electrons. The van der Waals surface area contributed by atoms with Gasteiger partial charge in [-0.2, -0.15) is 0 Å². The van der Waals surface area contributed by atoms with Crippen molar-refractivity contribution >= 4 is 23.2 Å². The highest BCUT2D eigenvalue weighted by Crippen LogP contribution is 2.18. The molecule has 142 valence electrons. The Labute approximate surface area is 157 Å². The molecule has 1 aliphatic rings. The van der Waals surface area contributed by atoms with Gasteiger partial charge in [-0.15, -0.1) is 0 Å². The normalized spacial score (nSPS) is 14.8. The fraction of sp³-hybridized carbons (Fsp3) is 0.389. The summed E-state index contributed by atoms with van der Waals surface area (Å²) in [6.45, 7) is 7.05. The van der Waals surface area contributed by atoms with Gasteiger partial charge in [0.1, 0.15) is 12.4 Å². The Morgan fingerprint density at radius 3 is 2.48 bits per heavy atom. The monoisotopic (exact) mass is 370 g/mol. The van der Waals surface area contributed by atoms with Gasteiger partial charge in [-0.05, 0) is 31.0 Å². The van der Waals surface area contributed by atoms with Crippen LogP contribution in [0.25, 0.3) is 0 Å². The van der Waals surface area contributed by atoms with Gasteiger partial charge in [0.15, 0.2) is 0 Å². The van der Waals surface area contributed by atoms with Crippen LogP contribution in [0.5, 0.6) is 0 Å². The van der Waals surface area contributed by atoms with Gasteiger partial charge in [0, 0.05) is 31.9 Å². The molecule has 2 aromatic rings. The molecule has 0 atom stereocenters. The summed E-state index contributed by atoms with van der Waals surface area (Å²) in [5.41, 5.74) is 2.94. The molecule has 0 aliphatic carbocycles. The summed E-state index contributed by atoms with van der Waals surface area (Å²) in [6.07, 6.45) is 2.43. The standard InChI is InChI=1S/C18H22N6O3/c1-13-4-3-5-16(14(13)2)21-17(25)12-22-6-8-23(9-7-22)18-19-10-15(11-20-18)24(26)27/h3-5,10-11H,6-9,12H2,1-2H3,(H,21,25). The van der Waals surface area contributed by atoms with Crippen LogP contribution in [0.15, 0.2) is 30.6 Å². The molecule has 1 fully saturated rings. The fourth-order valence-corrected chi connectivity index (χ4v) is 2.96. The Morgan fingerprint density at radius 1 is 1.19 bits per heavy atom. The number of carbonyl (C=O) groups excluding carboxylic acids is 1. The number of rotatable bonds is 5. The number of aromatic nitrogens is 2. The number of nitro groups is 1. The number of amides is 1. The maximum absolute atomic E-state index is 12.3. The van der Waals surface area contributed by atoms with Gasteiger partial charge in [0.2, 0.25) is 11.9 Å². The van der Waals surface area contributed by atoms with Gasteiger partial charge in [0.05, 0.1) is 11.5 Å². The van der Waals surface area contributed by atoms with Crippen molar-refractivity contribution in [1.29, 1.82) is 0 Å². The molecule has 1 aromatic carbocycles. The molecule has 1 N–H and O–H groups in total. The molecule has 1 amide bonds. The summed E-state index contributed by atoms with van der Waals surface area (Å²) < 4.78 is 0. The average molecular weight is 370 g/mol. The Balaban J connectivity index is 1.51. The van der Waals surface area contributed by atoms with Crippen LogP contribution < -0.4 is 10.2 Å². The van der Waals surface area contributed by atoms with E-state index in [9.17, 15) is 14.9 Å². The second kappa shape index (κ2) is 8.09. The Morgan fingerprint density at radius 2 is 1.85 bits per heavy atom. The van der Waals surface area contributed by atoms with Crippen LogP contribution in [0, 0.1) is 24.0 Å². The molecule has 2 heterocycles. The lowest BCUT2D eigenvalue weighted by molar-refractivity contribution is -0.385. The molecule has 0 saturated carbocycles. The highest BCUT2D eigenvalue weighted by Gasteiger charge is 2.21.